The first-order chi connectivity index (χ1) is 15.1. The van der Waals surface area contributed by atoms with Gasteiger partial charge in [-0.1, -0.05) is 48.0 Å². The Bertz CT molecular complexity index is 1030. The predicted molar refractivity (Wildman–Crippen MR) is 125 cm³/mol. The van der Waals surface area contributed by atoms with E-state index in [4.69, 9.17) is 13.9 Å². The van der Waals surface area contributed by atoms with Gasteiger partial charge in [0.15, 0.2) is 0 Å². The number of hydrogen-bond acceptors (Lipinski definition) is 5. The van der Waals surface area contributed by atoms with E-state index >= 15 is 0 Å². The van der Waals surface area contributed by atoms with Crippen LogP contribution in [0, 0.1) is 6.92 Å². The van der Waals surface area contributed by atoms with Crippen molar-refractivity contribution in [3.05, 3.63) is 65.7 Å². The third-order valence-corrected chi connectivity index (χ3v) is 7.50. The van der Waals surface area contributed by atoms with Gasteiger partial charge in [-0.25, -0.2) is 5.09 Å². The molecule has 0 aliphatic carbocycles. The highest BCUT2D eigenvalue weighted by Gasteiger charge is 2.36. The molecule has 1 aromatic heterocycles. The lowest BCUT2D eigenvalue weighted by molar-refractivity contribution is 0.331. The molecule has 1 atom stereocenters. The summed E-state index contributed by atoms with van der Waals surface area (Å²) in [6, 6.07) is 17.9. The van der Waals surface area contributed by atoms with Crippen LogP contribution < -0.4 is 15.4 Å². The first kappa shape index (κ1) is 21.8. The standard InChI is InChI=1S/C24H30N3O3P/c1-3-29-31(28,25-18-20-10-6-4-7-11-20)23-24(27-16-8-5-9-17-27)30-22(26-23)21-14-12-19(2)13-15-21/h4,6-7,10-15H,3,5,8-9,16-18H2,1-2H3,(H,25,28). The number of nitrogens with zero attached hydrogens (tertiary/aromatic N) is 2. The van der Waals surface area contributed by atoms with E-state index in [1.54, 1.807) is 0 Å². The highest BCUT2D eigenvalue weighted by molar-refractivity contribution is 7.65. The Kier molecular flexibility index (Phi) is 6.91. The number of aromatic nitrogens is 1. The van der Waals surface area contributed by atoms with Gasteiger partial charge in [0.2, 0.25) is 17.2 Å². The SMILES string of the molecule is CCOP(=O)(NCc1ccccc1)c1nc(-c2ccc(C)cc2)oc1N1CCCCC1. The molecule has 0 amide bonds. The van der Waals surface area contributed by atoms with Crippen LogP contribution in [0.5, 0.6) is 0 Å². The second-order valence-corrected chi connectivity index (χ2v) is 9.95. The predicted octanol–water partition coefficient (Wildman–Crippen LogP) is 5.29. The maximum absolute atomic E-state index is 14.1. The molecule has 0 saturated carbocycles. The first-order valence-electron chi connectivity index (χ1n) is 11.0. The maximum Gasteiger partial charge on any atom is 0.323 e. The second kappa shape index (κ2) is 9.82. The normalized spacial score (nSPS) is 16.3. The Morgan fingerprint density at radius 3 is 2.45 bits per heavy atom. The van der Waals surface area contributed by atoms with Crippen molar-refractivity contribution in [1.29, 1.82) is 0 Å². The summed E-state index contributed by atoms with van der Waals surface area (Å²) in [5, 5.41) is 3.17. The van der Waals surface area contributed by atoms with Gasteiger partial charge in [0.25, 0.3) is 0 Å². The molecule has 1 N–H and O–H groups in total. The molecule has 1 fully saturated rings. The number of rotatable bonds is 8. The lowest BCUT2D eigenvalue weighted by atomic mass is 10.1. The van der Waals surface area contributed by atoms with Crippen molar-refractivity contribution >= 4 is 18.8 Å². The summed E-state index contributed by atoms with van der Waals surface area (Å²) in [6.07, 6.45) is 3.35. The van der Waals surface area contributed by atoms with Crippen LogP contribution in [-0.4, -0.2) is 24.7 Å². The summed E-state index contributed by atoms with van der Waals surface area (Å²) in [5.74, 6) is 1.03. The van der Waals surface area contributed by atoms with Crippen LogP contribution in [-0.2, 0) is 15.6 Å². The molecule has 4 rings (SSSR count). The van der Waals surface area contributed by atoms with E-state index in [0.29, 0.717) is 30.4 Å². The van der Waals surface area contributed by atoms with E-state index in [1.807, 2.05) is 68.4 Å². The Morgan fingerprint density at radius 2 is 1.77 bits per heavy atom. The van der Waals surface area contributed by atoms with E-state index in [2.05, 4.69) is 9.99 Å². The molecule has 0 spiro atoms. The Balaban J connectivity index is 1.72. The van der Waals surface area contributed by atoms with Crippen LogP contribution in [0.15, 0.2) is 59.0 Å². The third-order valence-electron chi connectivity index (χ3n) is 5.46. The number of hydrogen-bond donors (Lipinski definition) is 1. The topological polar surface area (TPSA) is 67.6 Å². The van der Waals surface area contributed by atoms with E-state index in [1.165, 1.54) is 6.42 Å². The van der Waals surface area contributed by atoms with Gasteiger partial charge in [-0.2, -0.15) is 4.98 Å². The lowest BCUT2D eigenvalue weighted by Crippen LogP contribution is -2.34. The minimum atomic E-state index is -3.45. The molecule has 1 unspecified atom stereocenters. The van der Waals surface area contributed by atoms with Crippen molar-refractivity contribution in [3.8, 4) is 11.5 Å². The van der Waals surface area contributed by atoms with E-state index in [0.717, 1.165) is 42.6 Å². The number of aryl methyl sites for hydroxylation is 1. The quantitative estimate of drug-likeness (QED) is 0.482. The minimum absolute atomic E-state index is 0.311. The highest BCUT2D eigenvalue weighted by Crippen LogP contribution is 2.45. The van der Waals surface area contributed by atoms with Crippen LogP contribution in [0.25, 0.3) is 11.5 Å². The summed E-state index contributed by atoms with van der Waals surface area (Å²) >= 11 is 0. The van der Waals surface area contributed by atoms with Gasteiger partial charge in [-0.15, -0.1) is 0 Å². The number of piperidine rings is 1. The molecule has 1 aliphatic rings. The zero-order chi connectivity index (χ0) is 21.7. The van der Waals surface area contributed by atoms with Gasteiger partial charge in [0.1, 0.15) is 0 Å². The lowest BCUT2D eigenvalue weighted by Gasteiger charge is -2.28. The van der Waals surface area contributed by atoms with Crippen molar-refractivity contribution in [2.45, 2.75) is 39.7 Å². The zero-order valence-corrected chi connectivity index (χ0v) is 19.1. The second-order valence-electron chi connectivity index (χ2n) is 7.85. The maximum atomic E-state index is 14.1. The number of nitrogens with one attached hydrogen (secondary N) is 1. The Labute approximate surface area is 184 Å². The number of oxazole rings is 1. The van der Waals surface area contributed by atoms with E-state index in [-0.39, 0.29) is 0 Å². The van der Waals surface area contributed by atoms with Crippen LogP contribution in [0.1, 0.15) is 37.3 Å². The molecule has 1 aliphatic heterocycles. The summed E-state index contributed by atoms with van der Waals surface area (Å²) in [5.41, 5.74) is 3.43. The number of benzene rings is 2. The van der Waals surface area contributed by atoms with Gasteiger partial charge in [-0.3, -0.25) is 4.57 Å². The fourth-order valence-corrected chi connectivity index (χ4v) is 5.55. The van der Waals surface area contributed by atoms with Crippen LogP contribution in [0.3, 0.4) is 0 Å². The Morgan fingerprint density at radius 1 is 1.06 bits per heavy atom. The summed E-state index contributed by atoms with van der Waals surface area (Å²) in [4.78, 5) is 6.88. The molecule has 6 nitrogen and oxygen atoms in total. The van der Waals surface area contributed by atoms with Crippen LogP contribution in [0.2, 0.25) is 0 Å². The molecule has 3 aromatic rings. The van der Waals surface area contributed by atoms with Gasteiger partial charge < -0.3 is 13.8 Å². The molecule has 164 valence electrons. The summed E-state index contributed by atoms with van der Waals surface area (Å²) < 4.78 is 26.1. The highest BCUT2D eigenvalue weighted by atomic mass is 31.2. The van der Waals surface area contributed by atoms with Crippen molar-refractivity contribution in [2.75, 3.05) is 24.6 Å². The zero-order valence-electron chi connectivity index (χ0n) is 18.2. The average molecular weight is 439 g/mol. The summed E-state index contributed by atoms with van der Waals surface area (Å²) in [7, 11) is -3.45. The van der Waals surface area contributed by atoms with Crippen molar-refractivity contribution in [1.82, 2.24) is 10.1 Å². The van der Waals surface area contributed by atoms with Crippen molar-refractivity contribution in [2.24, 2.45) is 0 Å². The van der Waals surface area contributed by atoms with E-state index in [9.17, 15) is 4.57 Å². The van der Waals surface area contributed by atoms with Crippen molar-refractivity contribution in [3.63, 3.8) is 0 Å². The fourth-order valence-electron chi connectivity index (χ4n) is 3.77. The molecule has 2 aromatic carbocycles. The smallest absolute Gasteiger partial charge is 0.323 e. The molecule has 2 heterocycles. The largest absolute Gasteiger partial charge is 0.420 e. The molecule has 0 bridgehead atoms. The van der Waals surface area contributed by atoms with Gasteiger partial charge >= 0.3 is 7.52 Å². The third kappa shape index (κ3) is 5.09. The molecular weight excluding hydrogens is 409 g/mol. The van der Waals surface area contributed by atoms with Crippen LogP contribution in [0.4, 0.5) is 5.88 Å². The molecular formula is C24H30N3O3P. The average Bonchev–Trinajstić information content (AvgIpc) is 3.26. The van der Waals surface area contributed by atoms with Gasteiger partial charge in [0.05, 0.1) is 6.61 Å². The Hall–Kier alpha value is -2.40. The first-order valence-corrected chi connectivity index (χ1v) is 12.6. The molecule has 1 saturated heterocycles. The van der Waals surface area contributed by atoms with Gasteiger partial charge in [0, 0.05) is 25.2 Å². The minimum Gasteiger partial charge on any atom is -0.420 e. The molecule has 7 heteroatoms. The molecule has 0 radical (unpaired) electrons. The monoisotopic (exact) mass is 439 g/mol. The van der Waals surface area contributed by atoms with Crippen LogP contribution >= 0.6 is 7.52 Å². The summed E-state index contributed by atoms with van der Waals surface area (Å²) in [6.45, 7) is 6.34. The fraction of sp³-hybridized carbons (Fsp3) is 0.375. The molecule has 31 heavy (non-hydrogen) atoms. The van der Waals surface area contributed by atoms with Crippen molar-refractivity contribution < 1.29 is 13.5 Å². The number of anilines is 1. The van der Waals surface area contributed by atoms with Gasteiger partial charge in [-0.05, 0) is 50.8 Å². The van der Waals surface area contributed by atoms with E-state index < -0.39 is 7.52 Å².